The van der Waals surface area contributed by atoms with Crippen LogP contribution in [0.2, 0.25) is 0 Å². The van der Waals surface area contributed by atoms with Crippen molar-refractivity contribution in [1.82, 2.24) is 14.9 Å². The molecule has 0 bridgehead atoms. The summed E-state index contributed by atoms with van der Waals surface area (Å²) < 4.78 is 10.1. The van der Waals surface area contributed by atoms with E-state index in [1.807, 2.05) is 0 Å². The lowest BCUT2D eigenvalue weighted by atomic mass is 9.98. The van der Waals surface area contributed by atoms with Gasteiger partial charge < -0.3 is 24.7 Å². The van der Waals surface area contributed by atoms with E-state index >= 15 is 0 Å². The van der Waals surface area contributed by atoms with E-state index < -0.39 is 11.5 Å². The Hall–Kier alpha value is -3.10. The first-order chi connectivity index (χ1) is 13.0. The second-order valence-corrected chi connectivity index (χ2v) is 6.25. The van der Waals surface area contributed by atoms with E-state index in [0.29, 0.717) is 37.4 Å². The number of H-pyrrole nitrogens is 1. The van der Waals surface area contributed by atoms with Crippen LogP contribution < -0.4 is 15.5 Å². The number of carbonyl (C=O) groups excluding carboxylic acids is 2. The van der Waals surface area contributed by atoms with Gasteiger partial charge in [0.1, 0.15) is 11.2 Å². The minimum Gasteiger partial charge on any atom is -0.481 e. The number of esters is 1. The third kappa shape index (κ3) is 4.02. The largest absolute Gasteiger partial charge is 0.481 e. The van der Waals surface area contributed by atoms with Gasteiger partial charge in [0.15, 0.2) is 0 Å². The number of nitrogens with zero attached hydrogens (tertiary/aromatic N) is 2. The van der Waals surface area contributed by atoms with Gasteiger partial charge in [0, 0.05) is 25.4 Å². The summed E-state index contributed by atoms with van der Waals surface area (Å²) in [5.41, 5.74) is 0.399. The van der Waals surface area contributed by atoms with Gasteiger partial charge in [-0.25, -0.2) is 9.78 Å². The number of fused-ring (bicyclic) bond motifs is 1. The number of pyridine rings is 2. The number of hydrogen-bond acceptors (Lipinski definition) is 6. The van der Waals surface area contributed by atoms with Gasteiger partial charge >= 0.3 is 12.0 Å². The van der Waals surface area contributed by atoms with E-state index in [1.165, 1.54) is 18.2 Å². The van der Waals surface area contributed by atoms with Crippen LogP contribution in [0.5, 0.6) is 5.88 Å². The standard InChI is InChI=1S/C18H22N4O5/c1-3-27-17(24)11-5-4-8-22(10-11)18(25)20-13-9-19-12-6-7-14(26-2)21-15(12)16(13)23/h6-7,9,11H,3-5,8,10H2,1-2H3,(H,19,23)(H,20,25)/t11-/m0/s1. The quantitative estimate of drug-likeness (QED) is 0.788. The molecule has 27 heavy (non-hydrogen) atoms. The first-order valence-corrected chi connectivity index (χ1v) is 8.82. The number of rotatable bonds is 4. The predicted molar refractivity (Wildman–Crippen MR) is 98.9 cm³/mol. The Labute approximate surface area is 155 Å². The van der Waals surface area contributed by atoms with E-state index in [4.69, 9.17) is 9.47 Å². The third-order valence-corrected chi connectivity index (χ3v) is 4.48. The maximum Gasteiger partial charge on any atom is 0.322 e. The van der Waals surface area contributed by atoms with Crippen LogP contribution in [-0.4, -0.2) is 53.7 Å². The van der Waals surface area contributed by atoms with Crippen LogP contribution in [0, 0.1) is 5.92 Å². The van der Waals surface area contributed by atoms with Crippen LogP contribution >= 0.6 is 0 Å². The molecule has 1 aliphatic rings. The van der Waals surface area contributed by atoms with Crippen molar-refractivity contribution < 1.29 is 19.1 Å². The van der Waals surface area contributed by atoms with E-state index in [0.717, 1.165) is 0 Å². The number of hydrogen-bond donors (Lipinski definition) is 2. The molecule has 2 N–H and O–H groups in total. The van der Waals surface area contributed by atoms with Gasteiger partial charge in [0.2, 0.25) is 11.3 Å². The van der Waals surface area contributed by atoms with Crippen LogP contribution in [0.4, 0.5) is 10.5 Å². The summed E-state index contributed by atoms with van der Waals surface area (Å²) >= 11 is 0. The van der Waals surface area contributed by atoms with Gasteiger partial charge in [-0.2, -0.15) is 0 Å². The van der Waals surface area contributed by atoms with E-state index in [-0.39, 0.29) is 29.6 Å². The molecular formula is C18H22N4O5. The molecule has 9 heteroatoms. The van der Waals surface area contributed by atoms with Gasteiger partial charge in [-0.3, -0.25) is 9.59 Å². The Morgan fingerprint density at radius 2 is 2.22 bits per heavy atom. The number of aromatic nitrogens is 2. The summed E-state index contributed by atoms with van der Waals surface area (Å²) in [4.78, 5) is 45.7. The van der Waals surface area contributed by atoms with Gasteiger partial charge in [-0.15, -0.1) is 0 Å². The van der Waals surface area contributed by atoms with Crippen molar-refractivity contribution >= 4 is 28.7 Å². The molecule has 3 rings (SSSR count). The second kappa shape index (κ2) is 8.07. The molecule has 0 spiro atoms. The molecule has 0 aliphatic carbocycles. The number of anilines is 1. The number of aromatic amines is 1. The molecule has 0 aromatic carbocycles. The molecular weight excluding hydrogens is 352 g/mol. The van der Waals surface area contributed by atoms with Crippen molar-refractivity contribution in [2.24, 2.45) is 5.92 Å². The lowest BCUT2D eigenvalue weighted by Gasteiger charge is -2.31. The van der Waals surface area contributed by atoms with Crippen LogP contribution in [0.15, 0.2) is 23.1 Å². The molecule has 0 radical (unpaired) electrons. The Morgan fingerprint density at radius 1 is 1.41 bits per heavy atom. The smallest absolute Gasteiger partial charge is 0.322 e. The van der Waals surface area contributed by atoms with Crippen molar-refractivity contribution in [2.45, 2.75) is 19.8 Å². The summed E-state index contributed by atoms with van der Waals surface area (Å²) in [6.45, 7) is 2.84. The fourth-order valence-electron chi connectivity index (χ4n) is 3.09. The SMILES string of the molecule is CCOC(=O)[C@H]1CCCN(C(=O)Nc2c[nH]c3ccc(OC)nc3c2=O)C1. The molecule has 1 fully saturated rings. The number of carbonyl (C=O) groups is 2. The fourth-order valence-corrected chi connectivity index (χ4v) is 3.09. The lowest BCUT2D eigenvalue weighted by molar-refractivity contribution is -0.149. The highest BCUT2D eigenvalue weighted by Crippen LogP contribution is 2.19. The van der Waals surface area contributed by atoms with Gasteiger partial charge in [-0.05, 0) is 25.8 Å². The monoisotopic (exact) mass is 374 g/mol. The van der Waals surface area contributed by atoms with Crippen LogP contribution in [-0.2, 0) is 9.53 Å². The zero-order chi connectivity index (χ0) is 19.4. The Morgan fingerprint density at radius 3 is 2.96 bits per heavy atom. The average molecular weight is 374 g/mol. The average Bonchev–Trinajstić information content (AvgIpc) is 2.70. The number of amides is 2. The summed E-state index contributed by atoms with van der Waals surface area (Å²) in [6.07, 6.45) is 2.82. The van der Waals surface area contributed by atoms with E-state index in [2.05, 4.69) is 15.3 Å². The normalized spacial score (nSPS) is 16.8. The van der Waals surface area contributed by atoms with Gasteiger partial charge in [0.05, 0.1) is 25.2 Å². The molecule has 0 saturated carbocycles. The van der Waals surface area contributed by atoms with Crippen molar-refractivity contribution in [3.05, 3.63) is 28.6 Å². The number of ether oxygens (including phenoxy) is 2. The molecule has 1 saturated heterocycles. The number of piperidine rings is 1. The highest BCUT2D eigenvalue weighted by atomic mass is 16.5. The fraction of sp³-hybridized carbons (Fsp3) is 0.444. The third-order valence-electron chi connectivity index (χ3n) is 4.48. The van der Waals surface area contributed by atoms with Gasteiger partial charge in [0.25, 0.3) is 0 Å². The van der Waals surface area contributed by atoms with Crippen molar-refractivity contribution in [3.8, 4) is 5.88 Å². The predicted octanol–water partition coefficient (Wildman–Crippen LogP) is 1.74. The molecule has 9 nitrogen and oxygen atoms in total. The zero-order valence-corrected chi connectivity index (χ0v) is 15.3. The Balaban J connectivity index is 1.76. The number of urea groups is 1. The zero-order valence-electron chi connectivity index (χ0n) is 15.3. The minimum atomic E-state index is -0.434. The summed E-state index contributed by atoms with van der Waals surface area (Å²) in [5, 5.41) is 2.61. The number of nitrogens with one attached hydrogen (secondary N) is 2. The summed E-state index contributed by atoms with van der Waals surface area (Å²) in [7, 11) is 1.46. The molecule has 2 aromatic heterocycles. The van der Waals surface area contributed by atoms with Crippen molar-refractivity contribution in [2.75, 3.05) is 32.1 Å². The second-order valence-electron chi connectivity index (χ2n) is 6.25. The maximum atomic E-state index is 12.6. The first-order valence-electron chi connectivity index (χ1n) is 8.82. The lowest BCUT2D eigenvalue weighted by Crippen LogP contribution is -2.45. The van der Waals surface area contributed by atoms with Crippen LogP contribution in [0.1, 0.15) is 19.8 Å². The van der Waals surface area contributed by atoms with Crippen LogP contribution in [0.25, 0.3) is 11.0 Å². The molecule has 1 aliphatic heterocycles. The highest BCUT2D eigenvalue weighted by Gasteiger charge is 2.29. The molecule has 3 heterocycles. The highest BCUT2D eigenvalue weighted by molar-refractivity contribution is 5.91. The number of likely N-dealkylation sites (tertiary alicyclic amines) is 1. The Bertz CT molecular complexity index is 910. The van der Waals surface area contributed by atoms with Gasteiger partial charge in [-0.1, -0.05) is 0 Å². The summed E-state index contributed by atoms with van der Waals surface area (Å²) in [5.74, 6) is -0.329. The molecule has 2 aromatic rings. The topological polar surface area (TPSA) is 114 Å². The van der Waals surface area contributed by atoms with Crippen LogP contribution in [0.3, 0.4) is 0 Å². The molecule has 2 amide bonds. The number of methoxy groups -OCH3 is 1. The van der Waals surface area contributed by atoms with Crippen molar-refractivity contribution in [1.29, 1.82) is 0 Å². The van der Waals surface area contributed by atoms with E-state index in [9.17, 15) is 14.4 Å². The molecule has 1 atom stereocenters. The first kappa shape index (κ1) is 18.7. The maximum absolute atomic E-state index is 12.6. The summed E-state index contributed by atoms with van der Waals surface area (Å²) in [6, 6.07) is 2.89. The molecule has 144 valence electrons. The minimum absolute atomic E-state index is 0.0894. The van der Waals surface area contributed by atoms with Crippen molar-refractivity contribution in [3.63, 3.8) is 0 Å². The van der Waals surface area contributed by atoms with E-state index in [1.54, 1.807) is 19.1 Å². The Kier molecular flexibility index (Phi) is 5.58. The molecule has 0 unspecified atom stereocenters.